The molecule has 3 heterocycles. The van der Waals surface area contributed by atoms with Crippen molar-refractivity contribution in [1.82, 2.24) is 15.1 Å². The highest BCUT2D eigenvalue weighted by atomic mass is 32.2. The van der Waals surface area contributed by atoms with Gasteiger partial charge in [0.25, 0.3) is 0 Å². The molecule has 1 aromatic heterocycles. The lowest BCUT2D eigenvalue weighted by Crippen LogP contribution is -2.40. The summed E-state index contributed by atoms with van der Waals surface area (Å²) in [6, 6.07) is 5.02. The summed E-state index contributed by atoms with van der Waals surface area (Å²) in [5, 5.41) is 8.98. The van der Waals surface area contributed by atoms with Gasteiger partial charge >= 0.3 is 0 Å². The van der Waals surface area contributed by atoms with E-state index in [1.807, 2.05) is 11.8 Å². The van der Waals surface area contributed by atoms with E-state index in [2.05, 4.69) is 46.0 Å². The largest absolute Gasteiger partial charge is 0.353 e. The first-order valence-electron chi connectivity index (χ1n) is 8.61. The Morgan fingerprint density at radius 2 is 2.00 bits per heavy atom. The molecule has 1 atom stereocenters. The number of aromatic nitrogens is 2. The van der Waals surface area contributed by atoms with E-state index in [1.54, 1.807) is 0 Å². The molecule has 2 aliphatic heterocycles. The Labute approximate surface area is 138 Å². The zero-order valence-electron chi connectivity index (χ0n) is 13.9. The van der Waals surface area contributed by atoms with Crippen molar-refractivity contribution in [2.45, 2.75) is 39.2 Å². The van der Waals surface area contributed by atoms with Gasteiger partial charge in [0, 0.05) is 37.2 Å². The number of hydrogen-bond acceptors (Lipinski definition) is 5. The highest BCUT2D eigenvalue weighted by molar-refractivity contribution is 7.99. The predicted octanol–water partition coefficient (Wildman–Crippen LogP) is 2.69. The lowest BCUT2D eigenvalue weighted by Gasteiger charge is -2.35. The summed E-state index contributed by atoms with van der Waals surface area (Å²) in [6.45, 7) is 9.27. The summed E-state index contributed by atoms with van der Waals surface area (Å²) in [4.78, 5) is 4.95. The number of nitrogens with zero attached hydrogens (tertiary/aromatic N) is 4. The summed E-state index contributed by atoms with van der Waals surface area (Å²) in [6.07, 6.45) is 3.72. The Kier molecular flexibility index (Phi) is 5.58. The Morgan fingerprint density at radius 3 is 2.68 bits per heavy atom. The van der Waals surface area contributed by atoms with Gasteiger partial charge in [-0.3, -0.25) is 0 Å². The molecule has 0 spiro atoms. The number of likely N-dealkylation sites (tertiary alicyclic amines) is 1. The van der Waals surface area contributed by atoms with Crippen LogP contribution in [0, 0.1) is 5.92 Å². The molecule has 0 unspecified atom stereocenters. The molecule has 2 saturated heterocycles. The maximum atomic E-state index is 4.50. The number of thioether (sulfide) groups is 1. The minimum Gasteiger partial charge on any atom is -0.353 e. The Balaban J connectivity index is 1.56. The molecule has 0 bridgehead atoms. The molecule has 0 aromatic carbocycles. The molecule has 2 fully saturated rings. The van der Waals surface area contributed by atoms with Gasteiger partial charge in [0.05, 0.1) is 5.69 Å². The van der Waals surface area contributed by atoms with Gasteiger partial charge in [0.15, 0.2) is 5.82 Å². The molecule has 5 heteroatoms. The van der Waals surface area contributed by atoms with E-state index in [1.165, 1.54) is 37.4 Å². The third kappa shape index (κ3) is 4.13. The first-order chi connectivity index (χ1) is 10.7. The molecule has 4 nitrogen and oxygen atoms in total. The zero-order chi connectivity index (χ0) is 15.4. The first-order valence-corrected chi connectivity index (χ1v) is 9.77. The molecule has 0 N–H and O–H groups in total. The van der Waals surface area contributed by atoms with Crippen LogP contribution >= 0.6 is 11.8 Å². The maximum absolute atomic E-state index is 4.50. The standard InChI is InChI=1S/C17H28N4S/c1-14(2)21-7-3-4-15(13-21)12-16-5-6-17(19-18-16)20-8-10-22-11-9-20/h5-6,14-15H,3-4,7-13H2,1-2H3/t15-/m0/s1. The quantitative estimate of drug-likeness (QED) is 0.852. The van der Waals surface area contributed by atoms with Crippen LogP contribution in [0.3, 0.4) is 0 Å². The van der Waals surface area contributed by atoms with Crippen LogP contribution in [0.15, 0.2) is 12.1 Å². The van der Waals surface area contributed by atoms with Crippen LogP contribution in [0.25, 0.3) is 0 Å². The molecule has 0 aliphatic carbocycles. The van der Waals surface area contributed by atoms with Crippen molar-refractivity contribution < 1.29 is 0 Å². The average Bonchev–Trinajstić information content (AvgIpc) is 2.56. The fraction of sp³-hybridized carbons (Fsp3) is 0.765. The van der Waals surface area contributed by atoms with Crippen molar-refractivity contribution in [2.24, 2.45) is 5.92 Å². The van der Waals surface area contributed by atoms with Crippen LogP contribution in [0.1, 0.15) is 32.4 Å². The molecular weight excluding hydrogens is 292 g/mol. The summed E-state index contributed by atoms with van der Waals surface area (Å²) >= 11 is 2.03. The minimum absolute atomic E-state index is 0.660. The van der Waals surface area contributed by atoms with Crippen molar-refractivity contribution in [3.05, 3.63) is 17.8 Å². The van der Waals surface area contributed by atoms with E-state index < -0.39 is 0 Å². The summed E-state index contributed by atoms with van der Waals surface area (Å²) < 4.78 is 0. The number of piperidine rings is 1. The lowest BCUT2D eigenvalue weighted by molar-refractivity contribution is 0.139. The Bertz CT molecular complexity index is 456. The normalized spacial score (nSPS) is 24.0. The number of rotatable bonds is 4. The van der Waals surface area contributed by atoms with Crippen molar-refractivity contribution in [2.75, 3.05) is 42.6 Å². The van der Waals surface area contributed by atoms with Crippen molar-refractivity contribution in [3.63, 3.8) is 0 Å². The summed E-state index contributed by atoms with van der Waals surface area (Å²) in [5.74, 6) is 4.20. The molecule has 122 valence electrons. The summed E-state index contributed by atoms with van der Waals surface area (Å²) in [5.41, 5.74) is 1.16. The molecule has 22 heavy (non-hydrogen) atoms. The fourth-order valence-corrected chi connectivity index (χ4v) is 4.35. The highest BCUT2D eigenvalue weighted by Crippen LogP contribution is 2.22. The molecule has 0 radical (unpaired) electrons. The molecule has 1 aromatic rings. The van der Waals surface area contributed by atoms with E-state index in [9.17, 15) is 0 Å². The Hall–Kier alpha value is -0.810. The monoisotopic (exact) mass is 320 g/mol. The van der Waals surface area contributed by atoms with Crippen LogP contribution in [0.4, 0.5) is 5.82 Å². The fourth-order valence-electron chi connectivity index (χ4n) is 3.45. The van der Waals surface area contributed by atoms with Crippen LogP contribution in [-0.2, 0) is 6.42 Å². The minimum atomic E-state index is 0.660. The van der Waals surface area contributed by atoms with E-state index in [-0.39, 0.29) is 0 Å². The first kappa shape index (κ1) is 16.1. The molecule has 0 saturated carbocycles. The molecule has 0 amide bonds. The van der Waals surface area contributed by atoms with Gasteiger partial charge in [-0.05, 0) is 57.7 Å². The summed E-state index contributed by atoms with van der Waals surface area (Å²) in [7, 11) is 0. The van der Waals surface area contributed by atoms with Crippen LogP contribution < -0.4 is 4.90 Å². The van der Waals surface area contributed by atoms with Crippen molar-refractivity contribution in [3.8, 4) is 0 Å². The van der Waals surface area contributed by atoms with Crippen molar-refractivity contribution >= 4 is 17.6 Å². The van der Waals surface area contributed by atoms with Crippen LogP contribution in [0.5, 0.6) is 0 Å². The average molecular weight is 321 g/mol. The SMILES string of the molecule is CC(C)N1CCC[C@@H](Cc2ccc(N3CCSCC3)nn2)C1. The van der Waals surface area contributed by atoms with Crippen molar-refractivity contribution in [1.29, 1.82) is 0 Å². The zero-order valence-corrected chi connectivity index (χ0v) is 14.7. The van der Waals surface area contributed by atoms with Crippen LogP contribution in [-0.4, -0.2) is 58.8 Å². The lowest BCUT2D eigenvalue weighted by atomic mass is 9.92. The molecule has 2 aliphatic rings. The molecular formula is C17H28N4S. The third-order valence-corrected chi connectivity index (χ3v) is 5.76. The second-order valence-electron chi connectivity index (χ2n) is 6.78. The van der Waals surface area contributed by atoms with Gasteiger partial charge in [-0.15, -0.1) is 5.10 Å². The van der Waals surface area contributed by atoms with E-state index >= 15 is 0 Å². The van der Waals surface area contributed by atoms with E-state index in [4.69, 9.17) is 0 Å². The van der Waals surface area contributed by atoms with Gasteiger partial charge in [-0.25, -0.2) is 0 Å². The third-order valence-electron chi connectivity index (χ3n) is 4.82. The highest BCUT2D eigenvalue weighted by Gasteiger charge is 2.22. The molecule has 3 rings (SSSR count). The van der Waals surface area contributed by atoms with E-state index in [0.29, 0.717) is 6.04 Å². The topological polar surface area (TPSA) is 32.3 Å². The van der Waals surface area contributed by atoms with Gasteiger partial charge in [0.2, 0.25) is 0 Å². The second-order valence-corrected chi connectivity index (χ2v) is 8.01. The Morgan fingerprint density at radius 1 is 1.18 bits per heavy atom. The number of hydrogen-bond donors (Lipinski definition) is 0. The predicted molar refractivity (Wildman–Crippen MR) is 94.7 cm³/mol. The van der Waals surface area contributed by atoms with Crippen LogP contribution in [0.2, 0.25) is 0 Å². The van der Waals surface area contributed by atoms with E-state index in [0.717, 1.165) is 36.9 Å². The van der Waals surface area contributed by atoms with Gasteiger partial charge in [-0.2, -0.15) is 16.9 Å². The van der Waals surface area contributed by atoms with Gasteiger partial charge in [-0.1, -0.05) is 0 Å². The van der Waals surface area contributed by atoms with Gasteiger partial charge in [0.1, 0.15) is 0 Å². The second kappa shape index (κ2) is 7.64. The van der Waals surface area contributed by atoms with Gasteiger partial charge < -0.3 is 9.80 Å². The number of anilines is 1. The smallest absolute Gasteiger partial charge is 0.151 e. The maximum Gasteiger partial charge on any atom is 0.151 e.